The minimum atomic E-state index is -1.22. The topological polar surface area (TPSA) is 90.5 Å². The maximum absolute atomic E-state index is 15.8. The molecule has 2 amide bonds. The van der Waals surface area contributed by atoms with E-state index in [0.717, 1.165) is 18.4 Å². The fourth-order valence-corrected chi connectivity index (χ4v) is 7.91. The zero-order valence-corrected chi connectivity index (χ0v) is 21.8. The molecule has 0 aromatic heterocycles. The monoisotopic (exact) mass is 545 g/mol. The smallest absolute Gasteiger partial charge is 0.238 e. The number of halogens is 3. The van der Waals surface area contributed by atoms with E-state index in [1.165, 1.54) is 6.07 Å². The van der Waals surface area contributed by atoms with Crippen LogP contribution < -0.4 is 16.0 Å². The van der Waals surface area contributed by atoms with Crippen LogP contribution in [0.5, 0.6) is 0 Å². The molecule has 0 unspecified atom stereocenters. The van der Waals surface area contributed by atoms with Crippen molar-refractivity contribution < 1.29 is 19.1 Å². The second-order valence-electron chi connectivity index (χ2n) is 11.0. The van der Waals surface area contributed by atoms with Crippen LogP contribution in [-0.2, 0) is 15.0 Å². The van der Waals surface area contributed by atoms with Crippen molar-refractivity contribution in [3.05, 3.63) is 63.4 Å². The lowest BCUT2D eigenvalue weighted by Crippen LogP contribution is -2.58. The fraction of sp³-hybridized carbons (Fsp3) is 0.500. The van der Waals surface area contributed by atoms with E-state index >= 15 is 4.39 Å². The van der Waals surface area contributed by atoms with Gasteiger partial charge in [0.2, 0.25) is 11.8 Å². The number of hydrogen-bond acceptors (Lipinski definition) is 4. The number of amides is 2. The van der Waals surface area contributed by atoms with Crippen molar-refractivity contribution in [2.75, 3.05) is 5.32 Å². The first-order valence-electron chi connectivity index (χ1n) is 13.1. The third-order valence-electron chi connectivity index (χ3n) is 9.10. The Hall–Kier alpha value is -2.19. The van der Waals surface area contributed by atoms with Gasteiger partial charge in [-0.15, -0.1) is 0 Å². The number of carbonyl (C=O) groups is 2. The predicted molar refractivity (Wildman–Crippen MR) is 140 cm³/mol. The molecule has 2 aliphatic heterocycles. The summed E-state index contributed by atoms with van der Waals surface area (Å²) >= 11 is 12.5. The van der Waals surface area contributed by atoms with E-state index < -0.39 is 28.7 Å². The number of aliphatic hydroxyl groups excluding tert-OH is 1. The summed E-state index contributed by atoms with van der Waals surface area (Å²) in [6.45, 7) is 0. The lowest BCUT2D eigenvalue weighted by Gasteiger charge is -2.42. The van der Waals surface area contributed by atoms with Gasteiger partial charge in [0.1, 0.15) is 11.2 Å². The fourth-order valence-electron chi connectivity index (χ4n) is 7.55. The number of hydrogen-bond donors (Lipinski definition) is 4. The molecule has 2 aromatic carbocycles. The first-order chi connectivity index (χ1) is 17.8. The van der Waals surface area contributed by atoms with Gasteiger partial charge in [0, 0.05) is 28.2 Å². The normalized spacial score (nSPS) is 32.1. The molecule has 2 saturated carbocycles. The van der Waals surface area contributed by atoms with Gasteiger partial charge >= 0.3 is 0 Å². The molecule has 2 aromatic rings. The summed E-state index contributed by atoms with van der Waals surface area (Å²) < 4.78 is 15.8. The van der Waals surface area contributed by atoms with Crippen LogP contribution in [0.2, 0.25) is 10.0 Å². The zero-order chi connectivity index (χ0) is 25.9. The molecular weight excluding hydrogens is 516 g/mol. The maximum Gasteiger partial charge on any atom is 0.238 e. The number of anilines is 1. The van der Waals surface area contributed by atoms with Crippen LogP contribution in [0.4, 0.5) is 10.1 Å². The summed E-state index contributed by atoms with van der Waals surface area (Å²) in [5.74, 6) is -1.95. The Balaban J connectivity index is 1.52. The SMILES string of the molecule is O=C(NC1CCC(O)CC1)[C@@H]1NC2(CCCC2)[C@@]2(C(=O)Nc3cc(Cl)ccc32)[C@H]1c1cccc(Cl)c1F. The van der Waals surface area contributed by atoms with E-state index in [1.807, 2.05) is 6.07 Å². The van der Waals surface area contributed by atoms with Gasteiger partial charge in [-0.1, -0.05) is 54.2 Å². The molecule has 2 aliphatic carbocycles. The van der Waals surface area contributed by atoms with Gasteiger partial charge in [-0.25, -0.2) is 4.39 Å². The highest BCUT2D eigenvalue weighted by Crippen LogP contribution is 2.63. The van der Waals surface area contributed by atoms with Gasteiger partial charge in [0.15, 0.2) is 0 Å². The van der Waals surface area contributed by atoms with Crippen LogP contribution in [0.25, 0.3) is 0 Å². The van der Waals surface area contributed by atoms with Crippen molar-refractivity contribution in [2.45, 2.75) is 86.4 Å². The molecule has 0 bridgehead atoms. The number of nitrogens with one attached hydrogen (secondary N) is 3. The minimum Gasteiger partial charge on any atom is -0.393 e. The van der Waals surface area contributed by atoms with Gasteiger partial charge in [0.05, 0.1) is 17.2 Å². The summed E-state index contributed by atoms with van der Waals surface area (Å²) in [6, 6.07) is 9.16. The Morgan fingerprint density at radius 1 is 1.08 bits per heavy atom. The summed E-state index contributed by atoms with van der Waals surface area (Å²) in [4.78, 5) is 28.2. The molecule has 196 valence electrons. The Morgan fingerprint density at radius 2 is 1.81 bits per heavy atom. The molecule has 2 heterocycles. The van der Waals surface area contributed by atoms with Crippen molar-refractivity contribution in [2.24, 2.45) is 0 Å². The van der Waals surface area contributed by atoms with Crippen molar-refractivity contribution in [1.29, 1.82) is 0 Å². The number of fused-ring (bicyclic) bond motifs is 3. The molecule has 6 rings (SSSR count). The lowest BCUT2D eigenvalue weighted by molar-refractivity contribution is -0.124. The summed E-state index contributed by atoms with van der Waals surface area (Å²) in [5, 5.41) is 20.1. The first kappa shape index (κ1) is 25.1. The number of aliphatic hydroxyl groups is 1. The largest absolute Gasteiger partial charge is 0.393 e. The van der Waals surface area contributed by atoms with Crippen molar-refractivity contribution >= 4 is 40.7 Å². The van der Waals surface area contributed by atoms with Gasteiger partial charge in [-0.2, -0.15) is 0 Å². The Kier molecular flexibility index (Phi) is 6.26. The predicted octanol–water partition coefficient (Wildman–Crippen LogP) is 4.81. The third-order valence-corrected chi connectivity index (χ3v) is 9.63. The molecule has 6 nitrogen and oxygen atoms in total. The highest BCUT2D eigenvalue weighted by Gasteiger charge is 2.72. The Morgan fingerprint density at radius 3 is 2.54 bits per heavy atom. The van der Waals surface area contributed by atoms with Gasteiger partial charge in [-0.05, 0) is 67.9 Å². The summed E-state index contributed by atoms with van der Waals surface area (Å²) in [6.07, 6.45) is 5.40. The molecule has 3 atom stereocenters. The molecule has 2 spiro atoms. The second kappa shape index (κ2) is 9.23. The van der Waals surface area contributed by atoms with Gasteiger partial charge in [-0.3, -0.25) is 14.9 Å². The van der Waals surface area contributed by atoms with E-state index in [0.29, 0.717) is 49.2 Å². The van der Waals surface area contributed by atoms with Crippen LogP contribution in [0.15, 0.2) is 36.4 Å². The van der Waals surface area contributed by atoms with Crippen molar-refractivity contribution in [3.63, 3.8) is 0 Å². The molecule has 3 fully saturated rings. The van der Waals surface area contributed by atoms with Gasteiger partial charge in [0.25, 0.3) is 0 Å². The van der Waals surface area contributed by atoms with Crippen LogP contribution in [0, 0.1) is 5.82 Å². The number of carbonyl (C=O) groups excluding carboxylic acids is 2. The maximum atomic E-state index is 15.8. The zero-order valence-electron chi connectivity index (χ0n) is 20.3. The van der Waals surface area contributed by atoms with Gasteiger partial charge < -0.3 is 15.7 Å². The minimum absolute atomic E-state index is 0.0461. The van der Waals surface area contributed by atoms with E-state index in [9.17, 15) is 14.7 Å². The lowest BCUT2D eigenvalue weighted by atomic mass is 9.58. The molecule has 4 N–H and O–H groups in total. The molecule has 0 radical (unpaired) electrons. The standard InChI is InChI=1S/C28H30Cl2FN3O3/c29-15-6-11-19-21(14-15)33-26(37)28(19)22(18-4-3-5-20(30)23(18)31)24(34-27(28)12-1-2-13-27)25(36)32-16-7-9-17(35)10-8-16/h3-6,11,14,16-17,22,24,34-35H,1-2,7-10,12-13H2,(H,32,36)(H,33,37)/t16?,17?,22-,24+,28+/m0/s1. The highest BCUT2D eigenvalue weighted by atomic mass is 35.5. The molecule has 9 heteroatoms. The Labute approximate surface area is 225 Å². The molecular formula is C28H30Cl2FN3O3. The molecule has 1 saturated heterocycles. The summed E-state index contributed by atoms with van der Waals surface area (Å²) in [5.41, 5.74) is -0.377. The van der Waals surface area contributed by atoms with Crippen LogP contribution in [-0.4, -0.2) is 40.6 Å². The second-order valence-corrected chi connectivity index (χ2v) is 11.8. The first-order valence-corrected chi connectivity index (χ1v) is 13.8. The quantitative estimate of drug-likeness (QED) is 0.445. The van der Waals surface area contributed by atoms with E-state index in [1.54, 1.807) is 24.3 Å². The van der Waals surface area contributed by atoms with Crippen LogP contribution in [0.1, 0.15) is 68.4 Å². The van der Waals surface area contributed by atoms with Crippen LogP contribution in [0.3, 0.4) is 0 Å². The van der Waals surface area contributed by atoms with E-state index in [4.69, 9.17) is 23.2 Å². The molecule has 37 heavy (non-hydrogen) atoms. The van der Waals surface area contributed by atoms with Crippen LogP contribution >= 0.6 is 23.2 Å². The number of rotatable bonds is 3. The molecule has 4 aliphatic rings. The third kappa shape index (κ3) is 3.73. The average Bonchev–Trinajstić information content (AvgIpc) is 3.54. The number of benzene rings is 2. The van der Waals surface area contributed by atoms with Crippen molar-refractivity contribution in [1.82, 2.24) is 10.6 Å². The Bertz CT molecular complexity index is 1260. The van der Waals surface area contributed by atoms with E-state index in [2.05, 4.69) is 16.0 Å². The van der Waals surface area contributed by atoms with E-state index in [-0.39, 0.29) is 34.5 Å². The van der Waals surface area contributed by atoms with Crippen molar-refractivity contribution in [3.8, 4) is 0 Å². The highest BCUT2D eigenvalue weighted by molar-refractivity contribution is 6.31. The summed E-state index contributed by atoms with van der Waals surface area (Å²) in [7, 11) is 0. The average molecular weight is 546 g/mol.